The van der Waals surface area contributed by atoms with Crippen LogP contribution in [0.2, 0.25) is 5.02 Å². The van der Waals surface area contributed by atoms with E-state index in [2.05, 4.69) is 4.98 Å². The van der Waals surface area contributed by atoms with Crippen LogP contribution in [0, 0.1) is 0 Å². The van der Waals surface area contributed by atoms with Gasteiger partial charge in [0.25, 0.3) is 6.01 Å². The molecule has 0 aliphatic heterocycles. The van der Waals surface area contributed by atoms with E-state index < -0.39 is 0 Å². The number of hydrogen-bond donors (Lipinski definition) is 1. The molecule has 4 heteroatoms. The van der Waals surface area contributed by atoms with Crippen molar-refractivity contribution < 1.29 is 4.42 Å². The number of aromatic nitrogens is 1. The summed E-state index contributed by atoms with van der Waals surface area (Å²) < 4.78 is 4.92. The van der Waals surface area contributed by atoms with Crippen molar-refractivity contribution in [2.75, 3.05) is 5.73 Å². The highest BCUT2D eigenvalue weighted by Gasteiger charge is 2.03. The molecular weight excluding hydrogens is 212 g/mol. The highest BCUT2D eigenvalue weighted by Crippen LogP contribution is 2.17. The number of nitrogen functional groups attached to an aromatic ring is 1. The van der Waals surface area contributed by atoms with E-state index in [4.69, 9.17) is 21.8 Å². The van der Waals surface area contributed by atoms with E-state index in [0.717, 1.165) is 29.1 Å². The molecule has 0 spiro atoms. The van der Waals surface area contributed by atoms with Crippen LogP contribution in [0.25, 0.3) is 0 Å². The van der Waals surface area contributed by atoms with Crippen LogP contribution in [-0.4, -0.2) is 4.98 Å². The van der Waals surface area contributed by atoms with Gasteiger partial charge in [-0.05, 0) is 24.5 Å². The molecule has 0 bridgehead atoms. The van der Waals surface area contributed by atoms with Gasteiger partial charge < -0.3 is 10.2 Å². The minimum Gasteiger partial charge on any atom is -0.432 e. The minimum atomic E-state index is 0.212. The van der Waals surface area contributed by atoms with Crippen LogP contribution >= 0.6 is 11.6 Å². The Labute approximate surface area is 92.9 Å². The SMILES string of the molecule is Nc1nc(CCc2ccccc2Cl)co1. The molecule has 1 aromatic heterocycles. The molecule has 2 aromatic rings. The summed E-state index contributed by atoms with van der Waals surface area (Å²) in [6.07, 6.45) is 3.20. The van der Waals surface area contributed by atoms with Crippen LogP contribution in [0.4, 0.5) is 6.01 Å². The Bertz CT molecular complexity index is 453. The largest absolute Gasteiger partial charge is 0.432 e. The Morgan fingerprint density at radius 3 is 2.73 bits per heavy atom. The number of hydrogen-bond acceptors (Lipinski definition) is 3. The summed E-state index contributed by atoms with van der Waals surface area (Å²) in [5, 5.41) is 0.786. The Balaban J connectivity index is 2.02. The lowest BCUT2D eigenvalue weighted by molar-refractivity contribution is 0.578. The number of nitrogens with zero attached hydrogens (tertiary/aromatic N) is 1. The molecular formula is C11H11ClN2O. The molecule has 15 heavy (non-hydrogen) atoms. The number of aryl methyl sites for hydroxylation is 2. The monoisotopic (exact) mass is 222 g/mol. The van der Waals surface area contributed by atoms with Gasteiger partial charge in [0.15, 0.2) is 0 Å². The second kappa shape index (κ2) is 4.36. The first-order valence-corrected chi connectivity index (χ1v) is 5.07. The van der Waals surface area contributed by atoms with E-state index in [-0.39, 0.29) is 6.01 Å². The quantitative estimate of drug-likeness (QED) is 0.869. The van der Waals surface area contributed by atoms with E-state index in [9.17, 15) is 0 Å². The van der Waals surface area contributed by atoms with Gasteiger partial charge in [-0.1, -0.05) is 29.8 Å². The zero-order chi connectivity index (χ0) is 10.7. The molecule has 1 heterocycles. The van der Waals surface area contributed by atoms with Crippen LogP contribution < -0.4 is 5.73 Å². The lowest BCUT2D eigenvalue weighted by Crippen LogP contribution is -1.93. The predicted molar refractivity (Wildman–Crippen MR) is 59.8 cm³/mol. The topological polar surface area (TPSA) is 52.0 Å². The Hall–Kier alpha value is -1.48. The Morgan fingerprint density at radius 2 is 2.07 bits per heavy atom. The number of halogens is 1. The second-order valence-electron chi connectivity index (χ2n) is 3.27. The third-order valence-corrected chi connectivity index (χ3v) is 2.55. The van der Waals surface area contributed by atoms with Gasteiger partial charge in [0.2, 0.25) is 0 Å². The van der Waals surface area contributed by atoms with Crippen molar-refractivity contribution in [2.24, 2.45) is 0 Å². The fourth-order valence-corrected chi connectivity index (χ4v) is 1.63. The zero-order valence-corrected chi connectivity index (χ0v) is 8.87. The Kier molecular flexibility index (Phi) is 2.92. The first-order valence-electron chi connectivity index (χ1n) is 4.69. The van der Waals surface area contributed by atoms with Gasteiger partial charge in [-0.15, -0.1) is 0 Å². The average molecular weight is 223 g/mol. The molecule has 78 valence electrons. The molecule has 0 radical (unpaired) electrons. The Morgan fingerprint density at radius 1 is 1.27 bits per heavy atom. The van der Waals surface area contributed by atoms with Crippen molar-refractivity contribution >= 4 is 17.6 Å². The average Bonchev–Trinajstić information content (AvgIpc) is 2.63. The normalized spacial score (nSPS) is 10.5. The highest BCUT2D eigenvalue weighted by molar-refractivity contribution is 6.31. The van der Waals surface area contributed by atoms with Crippen molar-refractivity contribution in [2.45, 2.75) is 12.8 Å². The molecule has 3 nitrogen and oxygen atoms in total. The summed E-state index contributed by atoms with van der Waals surface area (Å²) >= 11 is 6.03. The molecule has 0 saturated carbocycles. The van der Waals surface area contributed by atoms with E-state index >= 15 is 0 Å². The number of benzene rings is 1. The molecule has 0 amide bonds. The number of rotatable bonds is 3. The molecule has 0 unspecified atom stereocenters. The molecule has 1 aromatic carbocycles. The van der Waals surface area contributed by atoms with Crippen molar-refractivity contribution in [3.63, 3.8) is 0 Å². The third kappa shape index (κ3) is 2.50. The minimum absolute atomic E-state index is 0.212. The van der Waals surface area contributed by atoms with Crippen LogP contribution in [0.5, 0.6) is 0 Å². The van der Waals surface area contributed by atoms with Crippen LogP contribution in [0.3, 0.4) is 0 Å². The van der Waals surface area contributed by atoms with Gasteiger partial charge in [0.05, 0.1) is 5.69 Å². The third-order valence-electron chi connectivity index (χ3n) is 2.18. The van der Waals surface area contributed by atoms with Crippen LogP contribution in [0.1, 0.15) is 11.3 Å². The van der Waals surface area contributed by atoms with E-state index in [1.807, 2.05) is 24.3 Å². The highest BCUT2D eigenvalue weighted by atomic mass is 35.5. The molecule has 0 saturated heterocycles. The maximum absolute atomic E-state index is 6.03. The fourth-order valence-electron chi connectivity index (χ4n) is 1.40. The van der Waals surface area contributed by atoms with E-state index in [1.54, 1.807) is 6.26 Å². The maximum Gasteiger partial charge on any atom is 0.292 e. The summed E-state index contributed by atoms with van der Waals surface area (Å²) in [6, 6.07) is 7.99. The van der Waals surface area contributed by atoms with Gasteiger partial charge in [0, 0.05) is 5.02 Å². The zero-order valence-electron chi connectivity index (χ0n) is 8.11. The number of oxazole rings is 1. The van der Waals surface area contributed by atoms with Crippen LogP contribution in [0.15, 0.2) is 34.9 Å². The van der Waals surface area contributed by atoms with Crippen LogP contribution in [-0.2, 0) is 12.8 Å². The first kappa shape index (κ1) is 10.1. The summed E-state index contributed by atoms with van der Waals surface area (Å²) in [4.78, 5) is 4.02. The van der Waals surface area contributed by atoms with Gasteiger partial charge >= 0.3 is 0 Å². The second-order valence-corrected chi connectivity index (χ2v) is 3.68. The summed E-state index contributed by atoms with van der Waals surface area (Å²) in [6.45, 7) is 0. The first-order chi connectivity index (χ1) is 7.25. The predicted octanol–water partition coefficient (Wildman–Crippen LogP) is 2.70. The van der Waals surface area contributed by atoms with Gasteiger partial charge in [-0.25, -0.2) is 0 Å². The van der Waals surface area contributed by atoms with E-state index in [0.29, 0.717) is 0 Å². The van der Waals surface area contributed by atoms with E-state index in [1.165, 1.54) is 0 Å². The molecule has 2 N–H and O–H groups in total. The molecule has 0 fully saturated rings. The lowest BCUT2D eigenvalue weighted by atomic mass is 10.1. The number of anilines is 1. The summed E-state index contributed by atoms with van der Waals surface area (Å²) in [7, 11) is 0. The maximum atomic E-state index is 6.03. The summed E-state index contributed by atoms with van der Waals surface area (Å²) in [5.74, 6) is 0. The van der Waals surface area contributed by atoms with Crippen molar-refractivity contribution in [1.29, 1.82) is 0 Å². The van der Waals surface area contributed by atoms with Crippen molar-refractivity contribution in [3.8, 4) is 0 Å². The fraction of sp³-hybridized carbons (Fsp3) is 0.182. The van der Waals surface area contributed by atoms with Gasteiger partial charge in [0.1, 0.15) is 6.26 Å². The molecule has 0 aliphatic rings. The van der Waals surface area contributed by atoms with Crippen molar-refractivity contribution in [3.05, 3.63) is 46.8 Å². The van der Waals surface area contributed by atoms with Gasteiger partial charge in [-0.3, -0.25) is 0 Å². The smallest absolute Gasteiger partial charge is 0.292 e. The molecule has 2 rings (SSSR count). The molecule has 0 aliphatic carbocycles. The van der Waals surface area contributed by atoms with Crippen molar-refractivity contribution in [1.82, 2.24) is 4.98 Å². The standard InChI is InChI=1S/C11H11ClN2O/c12-10-4-2-1-3-8(10)5-6-9-7-15-11(13)14-9/h1-4,7H,5-6H2,(H2,13,14). The number of nitrogens with two attached hydrogens (primary N) is 1. The van der Waals surface area contributed by atoms with Gasteiger partial charge in [-0.2, -0.15) is 4.98 Å². The molecule has 0 atom stereocenters. The lowest BCUT2D eigenvalue weighted by Gasteiger charge is -2.01. The summed E-state index contributed by atoms with van der Waals surface area (Å²) in [5.41, 5.74) is 7.34.